The van der Waals surface area contributed by atoms with Crippen molar-refractivity contribution in [3.8, 4) is 5.82 Å². The van der Waals surface area contributed by atoms with Crippen LogP contribution in [0.25, 0.3) is 16.7 Å². The van der Waals surface area contributed by atoms with E-state index >= 15 is 0 Å². The Bertz CT molecular complexity index is 1010. The molecule has 126 valence electrons. The van der Waals surface area contributed by atoms with Gasteiger partial charge in [-0.05, 0) is 30.2 Å². The molecular formula is C17H16ClN7. The van der Waals surface area contributed by atoms with Gasteiger partial charge in [0.05, 0.1) is 0 Å². The van der Waals surface area contributed by atoms with Crippen molar-refractivity contribution in [3.63, 3.8) is 0 Å². The van der Waals surface area contributed by atoms with E-state index in [1.165, 1.54) is 17.3 Å². The number of anilines is 2. The van der Waals surface area contributed by atoms with Crippen molar-refractivity contribution < 1.29 is 0 Å². The molecule has 3 heterocycles. The van der Waals surface area contributed by atoms with Crippen LogP contribution in [-0.2, 0) is 6.42 Å². The number of benzene rings is 1. The minimum Gasteiger partial charge on any atom is -0.393 e. The third-order valence-corrected chi connectivity index (χ3v) is 4.24. The number of aromatic amines is 1. The molecule has 0 spiro atoms. The predicted molar refractivity (Wildman–Crippen MR) is 99.1 cm³/mol. The van der Waals surface area contributed by atoms with Gasteiger partial charge < -0.3 is 16.0 Å². The average molecular weight is 354 g/mol. The first-order chi connectivity index (χ1) is 12.2. The maximum Gasteiger partial charge on any atom is 0.181 e. The fourth-order valence-electron chi connectivity index (χ4n) is 2.78. The Labute approximate surface area is 148 Å². The van der Waals surface area contributed by atoms with Gasteiger partial charge in [-0.1, -0.05) is 17.7 Å². The lowest BCUT2D eigenvalue weighted by Gasteiger charge is -2.10. The summed E-state index contributed by atoms with van der Waals surface area (Å²) in [5.41, 5.74) is 8.88. The number of nitrogen functional groups attached to an aromatic ring is 1. The van der Waals surface area contributed by atoms with Gasteiger partial charge in [-0.15, -0.1) is 0 Å². The fraction of sp³-hybridized carbons (Fsp3) is 0.118. The van der Waals surface area contributed by atoms with E-state index in [9.17, 15) is 0 Å². The smallest absolute Gasteiger partial charge is 0.181 e. The summed E-state index contributed by atoms with van der Waals surface area (Å²) in [7, 11) is 0. The molecule has 0 saturated carbocycles. The van der Waals surface area contributed by atoms with Gasteiger partial charge in [-0.2, -0.15) is 5.10 Å². The normalized spacial score (nSPS) is 11.1. The topological polar surface area (TPSA) is 97.4 Å². The number of nitrogens with zero attached hydrogens (tertiary/aromatic N) is 4. The van der Waals surface area contributed by atoms with Gasteiger partial charge in [-0.3, -0.25) is 0 Å². The van der Waals surface area contributed by atoms with Crippen LogP contribution in [0.2, 0.25) is 5.02 Å². The van der Waals surface area contributed by atoms with E-state index in [0.29, 0.717) is 23.9 Å². The summed E-state index contributed by atoms with van der Waals surface area (Å²) in [6.45, 7) is 0.690. The summed E-state index contributed by atoms with van der Waals surface area (Å²) < 4.78 is 1.62. The highest BCUT2D eigenvalue weighted by atomic mass is 35.5. The van der Waals surface area contributed by atoms with Crippen LogP contribution < -0.4 is 11.1 Å². The van der Waals surface area contributed by atoms with Crippen LogP contribution >= 0.6 is 11.6 Å². The summed E-state index contributed by atoms with van der Waals surface area (Å²) in [5.74, 6) is 1.16. The maximum atomic E-state index is 6.17. The fourth-order valence-corrected chi connectivity index (χ4v) is 2.96. The quantitative estimate of drug-likeness (QED) is 0.512. The third-order valence-electron chi connectivity index (χ3n) is 4.00. The second-order valence-electron chi connectivity index (χ2n) is 5.59. The number of H-pyrrole nitrogens is 1. The van der Waals surface area contributed by atoms with E-state index in [2.05, 4.69) is 25.4 Å². The van der Waals surface area contributed by atoms with Gasteiger partial charge in [0.1, 0.15) is 12.0 Å². The van der Waals surface area contributed by atoms with Crippen LogP contribution in [0, 0.1) is 0 Å². The van der Waals surface area contributed by atoms with E-state index in [1.54, 1.807) is 17.1 Å². The molecule has 7 nitrogen and oxygen atoms in total. The monoisotopic (exact) mass is 353 g/mol. The molecule has 8 heteroatoms. The summed E-state index contributed by atoms with van der Waals surface area (Å²) in [4.78, 5) is 11.7. The molecule has 25 heavy (non-hydrogen) atoms. The van der Waals surface area contributed by atoms with Crippen molar-refractivity contribution in [2.24, 2.45) is 0 Å². The van der Waals surface area contributed by atoms with Gasteiger partial charge >= 0.3 is 0 Å². The second-order valence-corrected chi connectivity index (χ2v) is 6.03. The maximum absolute atomic E-state index is 6.17. The molecule has 0 aliphatic heterocycles. The van der Waals surface area contributed by atoms with Gasteiger partial charge in [0.2, 0.25) is 0 Å². The lowest BCUT2D eigenvalue weighted by Crippen LogP contribution is -2.12. The van der Waals surface area contributed by atoms with Crippen LogP contribution in [0.1, 0.15) is 5.56 Å². The Balaban J connectivity index is 1.49. The predicted octanol–water partition coefficient (Wildman–Crippen LogP) is 3.03. The number of nitrogens with one attached hydrogen (secondary N) is 2. The zero-order valence-electron chi connectivity index (χ0n) is 13.3. The van der Waals surface area contributed by atoms with E-state index in [0.717, 1.165) is 17.0 Å². The molecule has 0 aliphatic carbocycles. The first-order valence-corrected chi connectivity index (χ1v) is 8.20. The largest absolute Gasteiger partial charge is 0.393 e. The van der Waals surface area contributed by atoms with Crippen molar-refractivity contribution in [2.75, 3.05) is 17.6 Å². The number of halogens is 1. The highest BCUT2D eigenvalue weighted by Crippen LogP contribution is 2.23. The Morgan fingerprint density at radius 2 is 2.20 bits per heavy atom. The number of fused-ring (bicyclic) bond motifs is 1. The van der Waals surface area contributed by atoms with Crippen LogP contribution in [0.15, 0.2) is 49.2 Å². The Morgan fingerprint density at radius 3 is 3.04 bits per heavy atom. The van der Waals surface area contributed by atoms with Crippen molar-refractivity contribution in [1.82, 2.24) is 24.7 Å². The Hall–Kier alpha value is -3.06. The average Bonchev–Trinajstić information content (AvgIpc) is 3.26. The summed E-state index contributed by atoms with van der Waals surface area (Å²) in [5, 5.41) is 9.31. The first-order valence-electron chi connectivity index (χ1n) is 7.82. The molecule has 0 radical (unpaired) electrons. The van der Waals surface area contributed by atoms with E-state index in [1.807, 2.05) is 30.5 Å². The zero-order chi connectivity index (χ0) is 17.2. The van der Waals surface area contributed by atoms with E-state index in [4.69, 9.17) is 17.3 Å². The third kappa shape index (κ3) is 3.01. The molecule has 0 unspecified atom stereocenters. The van der Waals surface area contributed by atoms with Crippen molar-refractivity contribution in [3.05, 3.63) is 59.8 Å². The Morgan fingerprint density at radius 1 is 1.28 bits per heavy atom. The number of hydrogen-bond donors (Lipinski definition) is 3. The molecule has 4 rings (SSSR count). The number of aromatic nitrogens is 5. The summed E-state index contributed by atoms with van der Waals surface area (Å²) in [6.07, 6.45) is 7.77. The lowest BCUT2D eigenvalue weighted by atomic mass is 10.1. The van der Waals surface area contributed by atoms with Crippen molar-refractivity contribution in [1.29, 1.82) is 0 Å². The van der Waals surface area contributed by atoms with Gasteiger partial charge in [0.25, 0.3) is 0 Å². The molecule has 0 bridgehead atoms. The minimum atomic E-state index is 0.469. The molecular weight excluding hydrogens is 338 g/mol. The minimum absolute atomic E-state index is 0.469. The van der Waals surface area contributed by atoms with E-state index in [-0.39, 0.29) is 0 Å². The standard InChI is InChI=1S/C17H16ClN7/c18-12-2-3-13-11(9-21-14(13)8-12)4-6-20-16-15(19)17(23-10-22-16)25-7-1-5-24-25/h1-3,5,7-10,21H,4,6,19H2,(H,20,22,23). The van der Waals surface area contributed by atoms with Crippen molar-refractivity contribution >= 4 is 34.0 Å². The number of hydrogen-bond acceptors (Lipinski definition) is 5. The van der Waals surface area contributed by atoms with Gasteiger partial charge in [0.15, 0.2) is 11.6 Å². The Kier molecular flexibility index (Phi) is 3.99. The highest BCUT2D eigenvalue weighted by molar-refractivity contribution is 6.31. The molecule has 0 aliphatic rings. The summed E-state index contributed by atoms with van der Waals surface area (Å²) >= 11 is 6.02. The van der Waals surface area contributed by atoms with E-state index < -0.39 is 0 Å². The SMILES string of the molecule is Nc1c(NCCc2c[nH]c3cc(Cl)ccc23)ncnc1-n1cccn1. The number of rotatable bonds is 5. The first kappa shape index (κ1) is 15.5. The van der Waals surface area contributed by atoms with Crippen LogP contribution in [0.4, 0.5) is 11.5 Å². The second kappa shape index (κ2) is 6.45. The van der Waals surface area contributed by atoms with Crippen LogP contribution in [0.3, 0.4) is 0 Å². The lowest BCUT2D eigenvalue weighted by molar-refractivity contribution is 0.842. The van der Waals surface area contributed by atoms with Crippen molar-refractivity contribution in [2.45, 2.75) is 6.42 Å². The molecule has 4 aromatic rings. The molecule has 0 fully saturated rings. The molecule has 0 saturated heterocycles. The van der Waals surface area contributed by atoms with Crippen LogP contribution in [0.5, 0.6) is 0 Å². The van der Waals surface area contributed by atoms with Gasteiger partial charge in [0, 0.05) is 41.1 Å². The summed E-state index contributed by atoms with van der Waals surface area (Å²) in [6, 6.07) is 7.66. The molecule has 1 aromatic carbocycles. The van der Waals surface area contributed by atoms with Crippen LogP contribution in [-0.4, -0.2) is 31.3 Å². The van der Waals surface area contributed by atoms with Gasteiger partial charge in [-0.25, -0.2) is 14.6 Å². The molecule has 0 amide bonds. The molecule has 0 atom stereocenters. The number of nitrogens with two attached hydrogens (primary N) is 1. The molecule has 4 N–H and O–H groups in total. The molecule has 3 aromatic heterocycles. The zero-order valence-corrected chi connectivity index (χ0v) is 14.0. The highest BCUT2D eigenvalue weighted by Gasteiger charge is 2.10.